The number of halogens is 1. The highest BCUT2D eigenvalue weighted by atomic mass is 19.1. The molecule has 116 valence electrons. The van der Waals surface area contributed by atoms with Gasteiger partial charge in [-0.1, -0.05) is 20.3 Å². The molecule has 0 saturated carbocycles. The number of hydrogen-bond acceptors (Lipinski definition) is 4. The van der Waals surface area contributed by atoms with Gasteiger partial charge in [-0.2, -0.15) is 0 Å². The summed E-state index contributed by atoms with van der Waals surface area (Å²) in [5, 5.41) is 14.6. The summed E-state index contributed by atoms with van der Waals surface area (Å²) in [5.74, 6) is -0.192. The third-order valence-electron chi connectivity index (χ3n) is 4.23. The number of nitro groups is 1. The van der Waals surface area contributed by atoms with Gasteiger partial charge < -0.3 is 5.32 Å². The quantitative estimate of drug-likeness (QED) is 0.670. The second-order valence-electron chi connectivity index (χ2n) is 5.58. The number of nitrogens with zero attached hydrogens (tertiary/aromatic N) is 2. The van der Waals surface area contributed by atoms with Crippen LogP contribution in [0.2, 0.25) is 0 Å². The second kappa shape index (κ2) is 6.95. The zero-order valence-corrected chi connectivity index (χ0v) is 12.5. The van der Waals surface area contributed by atoms with Crippen LogP contribution in [-0.4, -0.2) is 36.0 Å². The SMILES string of the molecule is CCC(C)[C@@H](c1cc(F)ccc1[N+](=O)[O-])N1CCNCC1. The molecular formula is C15H22FN3O2. The summed E-state index contributed by atoms with van der Waals surface area (Å²) in [6.45, 7) is 7.49. The van der Waals surface area contributed by atoms with Gasteiger partial charge in [0.25, 0.3) is 5.69 Å². The maximum absolute atomic E-state index is 13.7. The summed E-state index contributed by atoms with van der Waals surface area (Å²) in [7, 11) is 0. The van der Waals surface area contributed by atoms with Crippen molar-refractivity contribution in [2.24, 2.45) is 5.92 Å². The van der Waals surface area contributed by atoms with Crippen molar-refractivity contribution in [3.05, 3.63) is 39.7 Å². The topological polar surface area (TPSA) is 58.4 Å². The van der Waals surface area contributed by atoms with E-state index in [0.29, 0.717) is 5.56 Å². The molecule has 21 heavy (non-hydrogen) atoms. The van der Waals surface area contributed by atoms with Crippen LogP contribution in [0.4, 0.5) is 10.1 Å². The average Bonchev–Trinajstić information content (AvgIpc) is 2.48. The molecule has 0 amide bonds. The van der Waals surface area contributed by atoms with Gasteiger partial charge in [-0.25, -0.2) is 4.39 Å². The van der Waals surface area contributed by atoms with E-state index in [1.807, 2.05) is 0 Å². The Morgan fingerprint density at radius 1 is 1.43 bits per heavy atom. The average molecular weight is 295 g/mol. The fourth-order valence-electron chi connectivity index (χ4n) is 2.98. The van der Waals surface area contributed by atoms with E-state index in [9.17, 15) is 14.5 Å². The highest BCUT2D eigenvalue weighted by Gasteiger charge is 2.32. The molecular weight excluding hydrogens is 273 g/mol. The van der Waals surface area contributed by atoms with Gasteiger partial charge in [-0.05, 0) is 18.1 Å². The largest absolute Gasteiger partial charge is 0.314 e. The van der Waals surface area contributed by atoms with E-state index in [-0.39, 0.29) is 17.6 Å². The van der Waals surface area contributed by atoms with E-state index in [1.54, 1.807) is 0 Å². The molecule has 1 saturated heterocycles. The molecule has 0 aliphatic carbocycles. The Hall–Kier alpha value is -1.53. The van der Waals surface area contributed by atoms with Crippen LogP contribution in [0.25, 0.3) is 0 Å². The minimum absolute atomic E-state index is 0.0141. The Morgan fingerprint density at radius 3 is 2.67 bits per heavy atom. The van der Waals surface area contributed by atoms with E-state index < -0.39 is 10.7 Å². The van der Waals surface area contributed by atoms with E-state index in [1.165, 1.54) is 12.1 Å². The lowest BCUT2D eigenvalue weighted by Crippen LogP contribution is -2.46. The molecule has 1 aromatic carbocycles. The van der Waals surface area contributed by atoms with Gasteiger partial charge in [-0.15, -0.1) is 0 Å². The van der Waals surface area contributed by atoms with Crippen LogP contribution in [0.15, 0.2) is 18.2 Å². The molecule has 0 radical (unpaired) electrons. The van der Waals surface area contributed by atoms with Crippen LogP contribution < -0.4 is 5.32 Å². The number of piperazine rings is 1. The Morgan fingerprint density at radius 2 is 2.10 bits per heavy atom. The number of rotatable bonds is 5. The van der Waals surface area contributed by atoms with Gasteiger partial charge in [0.2, 0.25) is 0 Å². The van der Waals surface area contributed by atoms with E-state index in [0.717, 1.165) is 38.7 Å². The number of benzene rings is 1. The number of nitro benzene ring substituents is 1. The Bertz CT molecular complexity index is 504. The molecule has 5 nitrogen and oxygen atoms in total. The van der Waals surface area contributed by atoms with Crippen molar-refractivity contribution in [1.82, 2.24) is 10.2 Å². The highest BCUT2D eigenvalue weighted by Crippen LogP contribution is 2.36. The molecule has 0 spiro atoms. The van der Waals surface area contributed by atoms with Crippen molar-refractivity contribution in [3.63, 3.8) is 0 Å². The fourth-order valence-corrected chi connectivity index (χ4v) is 2.98. The summed E-state index contributed by atoms with van der Waals surface area (Å²) >= 11 is 0. The van der Waals surface area contributed by atoms with Crippen LogP contribution >= 0.6 is 0 Å². The monoisotopic (exact) mass is 295 g/mol. The van der Waals surface area contributed by atoms with Crippen LogP contribution in [0.5, 0.6) is 0 Å². The smallest absolute Gasteiger partial charge is 0.274 e. The van der Waals surface area contributed by atoms with Crippen molar-refractivity contribution in [2.45, 2.75) is 26.3 Å². The first kappa shape index (κ1) is 15.9. The number of hydrogen-bond donors (Lipinski definition) is 1. The molecule has 1 N–H and O–H groups in total. The predicted molar refractivity (Wildman–Crippen MR) is 79.7 cm³/mol. The van der Waals surface area contributed by atoms with Gasteiger partial charge in [0.05, 0.1) is 10.5 Å². The minimum Gasteiger partial charge on any atom is -0.314 e. The molecule has 0 aromatic heterocycles. The lowest BCUT2D eigenvalue weighted by Gasteiger charge is -2.38. The lowest BCUT2D eigenvalue weighted by molar-refractivity contribution is -0.386. The Balaban J connectivity index is 2.44. The van der Waals surface area contributed by atoms with E-state index in [2.05, 4.69) is 24.1 Å². The molecule has 1 aliphatic heterocycles. The molecule has 0 bridgehead atoms. The van der Waals surface area contributed by atoms with Crippen LogP contribution in [0.3, 0.4) is 0 Å². The summed E-state index contributed by atoms with van der Waals surface area (Å²) in [5.41, 5.74) is 0.511. The van der Waals surface area contributed by atoms with Crippen LogP contribution in [0.1, 0.15) is 31.9 Å². The Kier molecular flexibility index (Phi) is 5.25. The van der Waals surface area contributed by atoms with Crippen molar-refractivity contribution in [2.75, 3.05) is 26.2 Å². The summed E-state index contributed by atoms with van der Waals surface area (Å²) in [6.07, 6.45) is 0.891. The minimum atomic E-state index is -0.418. The zero-order valence-electron chi connectivity index (χ0n) is 12.5. The molecule has 6 heteroatoms. The van der Waals surface area contributed by atoms with Crippen molar-refractivity contribution in [1.29, 1.82) is 0 Å². The third-order valence-corrected chi connectivity index (χ3v) is 4.23. The predicted octanol–water partition coefficient (Wildman–Crippen LogP) is 2.73. The molecule has 1 heterocycles. The molecule has 1 aromatic rings. The summed E-state index contributed by atoms with van der Waals surface area (Å²) in [4.78, 5) is 13.1. The van der Waals surface area contributed by atoms with Crippen LogP contribution in [-0.2, 0) is 0 Å². The fraction of sp³-hybridized carbons (Fsp3) is 0.600. The first-order chi connectivity index (χ1) is 10.0. The van der Waals surface area contributed by atoms with Gasteiger partial charge in [0.1, 0.15) is 5.82 Å². The first-order valence-electron chi connectivity index (χ1n) is 7.43. The van der Waals surface area contributed by atoms with E-state index >= 15 is 0 Å². The second-order valence-corrected chi connectivity index (χ2v) is 5.58. The summed E-state index contributed by atoms with van der Waals surface area (Å²) in [6, 6.07) is 3.65. The van der Waals surface area contributed by atoms with Crippen molar-refractivity contribution in [3.8, 4) is 0 Å². The molecule has 2 rings (SSSR count). The van der Waals surface area contributed by atoms with Gasteiger partial charge in [0.15, 0.2) is 0 Å². The van der Waals surface area contributed by atoms with Crippen LogP contribution in [0, 0.1) is 21.8 Å². The molecule has 2 atom stereocenters. The highest BCUT2D eigenvalue weighted by molar-refractivity contribution is 5.43. The van der Waals surface area contributed by atoms with Crippen molar-refractivity contribution < 1.29 is 9.31 Å². The first-order valence-corrected chi connectivity index (χ1v) is 7.43. The van der Waals surface area contributed by atoms with E-state index in [4.69, 9.17) is 0 Å². The summed E-state index contributed by atoms with van der Waals surface area (Å²) < 4.78 is 13.7. The number of nitrogens with one attached hydrogen (secondary N) is 1. The van der Waals surface area contributed by atoms with Crippen molar-refractivity contribution >= 4 is 5.69 Å². The van der Waals surface area contributed by atoms with Gasteiger partial charge in [-0.3, -0.25) is 15.0 Å². The molecule has 1 aliphatic rings. The standard InChI is InChI=1S/C15H22FN3O2/c1-3-11(2)15(18-8-6-17-7-9-18)13-10-12(16)4-5-14(13)19(20)21/h4-5,10-11,15,17H,3,6-9H2,1-2H3/t11?,15-/m0/s1. The molecule has 1 unspecified atom stereocenters. The maximum Gasteiger partial charge on any atom is 0.274 e. The normalized spacial score (nSPS) is 19.2. The third kappa shape index (κ3) is 3.57. The maximum atomic E-state index is 13.7. The lowest BCUT2D eigenvalue weighted by atomic mass is 9.89. The zero-order chi connectivity index (χ0) is 15.4. The van der Waals surface area contributed by atoms with Gasteiger partial charge in [0, 0.05) is 38.3 Å². The molecule has 1 fully saturated rings. The Labute approximate surface area is 124 Å². The van der Waals surface area contributed by atoms with Gasteiger partial charge >= 0.3 is 0 Å².